The van der Waals surface area contributed by atoms with Crippen molar-refractivity contribution in [3.8, 4) is 0 Å². The lowest BCUT2D eigenvalue weighted by molar-refractivity contribution is -0.303. The van der Waals surface area contributed by atoms with Crippen LogP contribution in [0.15, 0.2) is 36.5 Å². The van der Waals surface area contributed by atoms with Gasteiger partial charge in [-0.25, -0.2) is 0 Å². The van der Waals surface area contributed by atoms with Crippen LogP contribution in [0.25, 0.3) is 0 Å². The molecule has 0 aromatic heterocycles. The predicted molar refractivity (Wildman–Crippen MR) is 265 cm³/mol. The minimum atomic E-state index is -1.67. The average molecular weight is 924 g/mol. The van der Waals surface area contributed by atoms with Crippen LogP contribution in [-0.4, -0.2) is 110 Å². The van der Waals surface area contributed by atoms with Gasteiger partial charge in [0.05, 0.1) is 25.4 Å². The SMILES string of the molecule is CCCCCCCCCCCC/C=C/CC/C=C/CC/C=C/CCCC(O)C(O)C(COC1OC(CO)C(O)C(O)C1O)NC(=O)C(O)CCCCCCCCCCCCCCCCC. The quantitative estimate of drug-likeness (QED) is 0.0216. The topological polar surface area (TPSA) is 189 Å². The molecule has 0 aromatic rings. The number of rotatable bonds is 45. The molecule has 0 spiro atoms. The van der Waals surface area contributed by atoms with Crippen LogP contribution in [0.3, 0.4) is 0 Å². The monoisotopic (exact) mass is 924 g/mol. The summed E-state index contributed by atoms with van der Waals surface area (Å²) in [7, 11) is 0. The van der Waals surface area contributed by atoms with Crippen LogP contribution in [-0.2, 0) is 14.3 Å². The van der Waals surface area contributed by atoms with Gasteiger partial charge in [-0.3, -0.25) is 4.79 Å². The minimum absolute atomic E-state index is 0.242. The number of carbonyl (C=O) groups excluding carboxylic acids is 1. The van der Waals surface area contributed by atoms with Gasteiger partial charge in [-0.05, 0) is 64.2 Å². The van der Waals surface area contributed by atoms with E-state index in [0.717, 1.165) is 44.9 Å². The molecule has 9 atom stereocenters. The van der Waals surface area contributed by atoms with Crippen molar-refractivity contribution in [2.75, 3.05) is 13.2 Å². The van der Waals surface area contributed by atoms with Gasteiger partial charge in [-0.15, -0.1) is 0 Å². The third-order valence-corrected chi connectivity index (χ3v) is 12.9. The molecule has 1 fully saturated rings. The van der Waals surface area contributed by atoms with E-state index in [2.05, 4.69) is 55.6 Å². The number of aliphatic hydroxyl groups is 7. The Kier molecular flexibility index (Phi) is 41.1. The van der Waals surface area contributed by atoms with Gasteiger partial charge in [-0.2, -0.15) is 0 Å². The fourth-order valence-electron chi connectivity index (χ4n) is 8.47. The molecule has 0 saturated carbocycles. The number of amides is 1. The maximum absolute atomic E-state index is 13.1. The molecule has 0 radical (unpaired) electrons. The van der Waals surface area contributed by atoms with E-state index in [0.29, 0.717) is 19.3 Å². The van der Waals surface area contributed by atoms with Crippen molar-refractivity contribution < 1.29 is 50.0 Å². The lowest BCUT2D eigenvalue weighted by Gasteiger charge is -2.40. The first-order valence-corrected chi connectivity index (χ1v) is 26.9. The van der Waals surface area contributed by atoms with Gasteiger partial charge in [-0.1, -0.05) is 204 Å². The zero-order valence-electron chi connectivity index (χ0n) is 41.5. The van der Waals surface area contributed by atoms with E-state index >= 15 is 0 Å². The molecule has 382 valence electrons. The Balaban J connectivity index is 2.40. The van der Waals surface area contributed by atoms with Crippen molar-refractivity contribution in [3.05, 3.63) is 36.5 Å². The molecule has 1 aliphatic heterocycles. The van der Waals surface area contributed by atoms with Crippen LogP contribution in [0.1, 0.15) is 232 Å². The van der Waals surface area contributed by atoms with E-state index in [1.165, 1.54) is 141 Å². The lowest BCUT2D eigenvalue weighted by atomic mass is 9.98. The van der Waals surface area contributed by atoms with E-state index in [4.69, 9.17) is 9.47 Å². The molecule has 1 aliphatic rings. The molecular formula is C54H101NO10. The molecule has 1 saturated heterocycles. The van der Waals surface area contributed by atoms with Crippen LogP contribution in [0, 0.1) is 0 Å². The van der Waals surface area contributed by atoms with Crippen LogP contribution >= 0.6 is 0 Å². The van der Waals surface area contributed by atoms with Crippen molar-refractivity contribution in [3.63, 3.8) is 0 Å². The third kappa shape index (κ3) is 32.7. The summed E-state index contributed by atoms with van der Waals surface area (Å²) in [6.45, 7) is 3.44. The highest BCUT2D eigenvalue weighted by Gasteiger charge is 2.44. The summed E-state index contributed by atoms with van der Waals surface area (Å²) >= 11 is 0. The summed E-state index contributed by atoms with van der Waals surface area (Å²) in [5.41, 5.74) is 0. The van der Waals surface area contributed by atoms with Gasteiger partial charge in [0.15, 0.2) is 6.29 Å². The lowest BCUT2D eigenvalue weighted by Crippen LogP contribution is -2.60. The number of aliphatic hydroxyl groups excluding tert-OH is 7. The first-order chi connectivity index (χ1) is 31.7. The Morgan fingerprint density at radius 1 is 0.523 bits per heavy atom. The predicted octanol–water partition coefficient (Wildman–Crippen LogP) is 10.3. The summed E-state index contributed by atoms with van der Waals surface area (Å²) in [4.78, 5) is 13.1. The van der Waals surface area contributed by atoms with Crippen molar-refractivity contribution in [1.29, 1.82) is 0 Å². The highest BCUT2D eigenvalue weighted by atomic mass is 16.7. The maximum atomic E-state index is 13.1. The van der Waals surface area contributed by atoms with E-state index in [9.17, 15) is 40.5 Å². The molecule has 1 heterocycles. The minimum Gasteiger partial charge on any atom is -0.394 e. The van der Waals surface area contributed by atoms with E-state index < -0.39 is 74.2 Å². The van der Waals surface area contributed by atoms with Crippen molar-refractivity contribution in [2.45, 2.75) is 287 Å². The smallest absolute Gasteiger partial charge is 0.249 e. The Hall–Kier alpha value is -1.67. The Bertz CT molecular complexity index is 1150. The number of hydrogen-bond donors (Lipinski definition) is 8. The van der Waals surface area contributed by atoms with Crippen LogP contribution in [0.2, 0.25) is 0 Å². The maximum Gasteiger partial charge on any atom is 0.249 e. The van der Waals surface area contributed by atoms with Crippen molar-refractivity contribution in [2.24, 2.45) is 0 Å². The van der Waals surface area contributed by atoms with Crippen molar-refractivity contribution >= 4 is 5.91 Å². The standard InChI is InChI=1S/C54H101NO10/c1-3-5-7-9-11-13-15-17-19-20-21-22-23-24-25-26-28-29-31-33-35-37-39-41-46(57)49(59)45(44-64-54-52(62)51(61)50(60)48(43-56)65-54)55-53(63)47(58)42-40-38-36-34-32-30-27-18-16-14-12-10-8-6-4-2/h22-23,26,28,33,35,45-52,54,56-62H,3-21,24-25,27,29-32,34,36-44H2,1-2H3,(H,55,63)/b23-22+,28-26+,35-33+. The fourth-order valence-corrected chi connectivity index (χ4v) is 8.47. The van der Waals surface area contributed by atoms with E-state index in [-0.39, 0.29) is 12.8 Å². The molecule has 0 aliphatic carbocycles. The number of unbranched alkanes of at least 4 members (excludes halogenated alkanes) is 27. The second kappa shape index (κ2) is 43.6. The zero-order valence-corrected chi connectivity index (χ0v) is 41.5. The molecule has 0 bridgehead atoms. The molecule has 9 unspecified atom stereocenters. The molecule has 11 heteroatoms. The molecular weight excluding hydrogens is 823 g/mol. The Morgan fingerprint density at radius 2 is 0.923 bits per heavy atom. The second-order valence-corrected chi connectivity index (χ2v) is 18.9. The summed E-state index contributed by atoms with van der Waals surface area (Å²) < 4.78 is 11.1. The third-order valence-electron chi connectivity index (χ3n) is 12.9. The summed E-state index contributed by atoms with van der Waals surface area (Å²) in [5, 5.41) is 75.9. The number of carbonyl (C=O) groups is 1. The summed E-state index contributed by atoms with van der Waals surface area (Å²) in [6, 6.07) is -1.19. The average Bonchev–Trinajstić information content (AvgIpc) is 3.31. The molecule has 11 nitrogen and oxygen atoms in total. The Labute approximate surface area is 397 Å². The van der Waals surface area contributed by atoms with Crippen LogP contribution in [0.5, 0.6) is 0 Å². The van der Waals surface area contributed by atoms with Crippen LogP contribution in [0.4, 0.5) is 0 Å². The second-order valence-electron chi connectivity index (χ2n) is 18.9. The van der Waals surface area contributed by atoms with E-state index in [1.807, 2.05) is 0 Å². The van der Waals surface area contributed by atoms with E-state index in [1.54, 1.807) is 0 Å². The summed E-state index contributed by atoms with van der Waals surface area (Å²) in [6.07, 6.45) is 40.5. The van der Waals surface area contributed by atoms with Crippen molar-refractivity contribution in [1.82, 2.24) is 5.32 Å². The molecule has 65 heavy (non-hydrogen) atoms. The molecule has 1 rings (SSSR count). The molecule has 8 N–H and O–H groups in total. The van der Waals surface area contributed by atoms with Gasteiger partial charge in [0.2, 0.25) is 5.91 Å². The number of ether oxygens (including phenoxy) is 2. The molecule has 1 amide bonds. The zero-order chi connectivity index (χ0) is 47.6. The van der Waals surface area contributed by atoms with Gasteiger partial charge in [0.1, 0.15) is 36.6 Å². The van der Waals surface area contributed by atoms with Gasteiger partial charge in [0, 0.05) is 0 Å². The highest BCUT2D eigenvalue weighted by Crippen LogP contribution is 2.23. The van der Waals surface area contributed by atoms with Gasteiger partial charge in [0.25, 0.3) is 0 Å². The normalized spacial score (nSPS) is 21.2. The van der Waals surface area contributed by atoms with Gasteiger partial charge >= 0.3 is 0 Å². The number of hydrogen-bond acceptors (Lipinski definition) is 10. The summed E-state index contributed by atoms with van der Waals surface area (Å²) in [5.74, 6) is -0.711. The fraction of sp³-hybridized carbons (Fsp3) is 0.870. The first-order valence-electron chi connectivity index (χ1n) is 26.9. The van der Waals surface area contributed by atoms with Gasteiger partial charge < -0.3 is 50.5 Å². The van der Waals surface area contributed by atoms with Crippen LogP contribution < -0.4 is 5.32 Å². The highest BCUT2D eigenvalue weighted by molar-refractivity contribution is 5.80. The number of nitrogens with one attached hydrogen (secondary N) is 1. The Morgan fingerprint density at radius 3 is 1.37 bits per heavy atom. The largest absolute Gasteiger partial charge is 0.394 e. The molecule has 0 aromatic carbocycles. The first kappa shape index (κ1) is 61.3. The number of allylic oxidation sites excluding steroid dienone is 6.